The van der Waals surface area contributed by atoms with Crippen LogP contribution in [0.1, 0.15) is 22.8 Å². The molecule has 2 N–H and O–H groups in total. The molecule has 0 heterocycles. The van der Waals surface area contributed by atoms with Crippen molar-refractivity contribution in [1.82, 2.24) is 0 Å². The van der Waals surface area contributed by atoms with Crippen LogP contribution in [0, 0.1) is 0 Å². The maximum Gasteiger partial charge on any atom is 0.337 e. The fraction of sp³-hybridized carbons (Fsp3) is 0.364. The predicted molar refractivity (Wildman–Crippen MR) is 62.4 cm³/mol. The first-order chi connectivity index (χ1) is 6.63. The van der Waals surface area contributed by atoms with Gasteiger partial charge in [0, 0.05) is 6.04 Å². The topological polar surface area (TPSA) is 52.3 Å². The van der Waals surface area contributed by atoms with Crippen molar-refractivity contribution in [2.75, 3.05) is 7.11 Å². The Kier molecular flexibility index (Phi) is 5.97. The summed E-state index contributed by atoms with van der Waals surface area (Å²) < 4.78 is 4.59. The minimum atomic E-state index is -0.308. The van der Waals surface area contributed by atoms with Crippen LogP contribution in [0.2, 0.25) is 0 Å². The van der Waals surface area contributed by atoms with Crippen LogP contribution in [0.15, 0.2) is 24.3 Å². The van der Waals surface area contributed by atoms with E-state index in [1.807, 2.05) is 19.1 Å². The molecule has 1 unspecified atom stereocenters. The molecule has 1 atom stereocenters. The van der Waals surface area contributed by atoms with Crippen LogP contribution in [0.5, 0.6) is 0 Å². The van der Waals surface area contributed by atoms with Gasteiger partial charge in [0.1, 0.15) is 0 Å². The lowest BCUT2D eigenvalue weighted by molar-refractivity contribution is 0.0601. The number of esters is 1. The summed E-state index contributed by atoms with van der Waals surface area (Å²) in [5.41, 5.74) is 7.36. The summed E-state index contributed by atoms with van der Waals surface area (Å²) in [5, 5.41) is 0. The Labute approximate surface area is 96.0 Å². The summed E-state index contributed by atoms with van der Waals surface area (Å²) in [6, 6.07) is 7.44. The summed E-state index contributed by atoms with van der Waals surface area (Å²) in [6.45, 7) is 1.95. The van der Waals surface area contributed by atoms with E-state index in [0.717, 1.165) is 12.0 Å². The van der Waals surface area contributed by atoms with Gasteiger partial charge in [0.2, 0.25) is 0 Å². The summed E-state index contributed by atoms with van der Waals surface area (Å²) in [6.07, 6.45) is 0.821. The fourth-order valence-corrected chi connectivity index (χ4v) is 1.27. The van der Waals surface area contributed by atoms with Gasteiger partial charge in [-0.1, -0.05) is 12.1 Å². The summed E-state index contributed by atoms with van der Waals surface area (Å²) in [7, 11) is 1.37. The van der Waals surface area contributed by atoms with Gasteiger partial charge in [-0.25, -0.2) is 4.79 Å². The number of rotatable bonds is 3. The molecule has 15 heavy (non-hydrogen) atoms. The molecule has 0 amide bonds. The maximum absolute atomic E-state index is 11.1. The van der Waals surface area contributed by atoms with Gasteiger partial charge in [-0.05, 0) is 31.0 Å². The Morgan fingerprint density at radius 1 is 1.40 bits per heavy atom. The Bertz CT molecular complexity index is 309. The molecule has 0 aliphatic rings. The second-order valence-electron chi connectivity index (χ2n) is 3.37. The molecule has 0 radical (unpaired) electrons. The number of hydrogen-bond donors (Lipinski definition) is 1. The quantitative estimate of drug-likeness (QED) is 0.804. The standard InChI is InChI=1S/C11H15NO2.ClH/c1-8(12)7-9-3-5-10(6-4-9)11(13)14-2;/h3-6,8H,7,12H2,1-2H3;1H. The van der Waals surface area contributed by atoms with Crippen LogP contribution >= 0.6 is 12.4 Å². The molecule has 0 saturated heterocycles. The van der Waals surface area contributed by atoms with E-state index in [1.54, 1.807) is 12.1 Å². The molecule has 3 nitrogen and oxygen atoms in total. The molecular weight excluding hydrogens is 214 g/mol. The number of benzene rings is 1. The number of halogens is 1. The number of methoxy groups -OCH3 is 1. The fourth-order valence-electron chi connectivity index (χ4n) is 1.27. The van der Waals surface area contributed by atoms with Gasteiger partial charge in [-0.15, -0.1) is 12.4 Å². The number of ether oxygens (including phenoxy) is 1. The normalized spacial score (nSPS) is 11.4. The van der Waals surface area contributed by atoms with E-state index in [0.29, 0.717) is 5.56 Å². The zero-order valence-corrected chi connectivity index (χ0v) is 9.71. The molecule has 0 aliphatic carbocycles. The Balaban J connectivity index is 0.00000196. The van der Waals surface area contributed by atoms with Gasteiger partial charge in [0.25, 0.3) is 0 Å². The van der Waals surface area contributed by atoms with Crippen molar-refractivity contribution in [3.63, 3.8) is 0 Å². The lowest BCUT2D eigenvalue weighted by Gasteiger charge is -2.05. The van der Waals surface area contributed by atoms with Crippen LogP contribution < -0.4 is 5.73 Å². The molecule has 4 heteroatoms. The zero-order valence-electron chi connectivity index (χ0n) is 8.90. The number of carbonyl (C=O) groups excluding carboxylic acids is 1. The number of hydrogen-bond acceptors (Lipinski definition) is 3. The molecule has 0 bridgehead atoms. The first kappa shape index (κ1) is 13.9. The van der Waals surface area contributed by atoms with E-state index in [-0.39, 0.29) is 24.4 Å². The van der Waals surface area contributed by atoms with Crippen LogP contribution in [0.25, 0.3) is 0 Å². The Hall–Kier alpha value is -1.06. The summed E-state index contributed by atoms with van der Waals surface area (Å²) >= 11 is 0. The molecule has 1 aromatic rings. The van der Waals surface area contributed by atoms with Gasteiger partial charge < -0.3 is 10.5 Å². The molecule has 0 aromatic heterocycles. The van der Waals surface area contributed by atoms with E-state index < -0.39 is 0 Å². The Morgan fingerprint density at radius 3 is 2.33 bits per heavy atom. The van der Waals surface area contributed by atoms with E-state index in [2.05, 4.69) is 4.74 Å². The average Bonchev–Trinajstić information content (AvgIpc) is 2.17. The largest absolute Gasteiger partial charge is 0.465 e. The molecule has 0 spiro atoms. The predicted octanol–water partition coefficient (Wildman–Crippen LogP) is 1.78. The van der Waals surface area contributed by atoms with Crippen molar-refractivity contribution < 1.29 is 9.53 Å². The van der Waals surface area contributed by atoms with Crippen molar-refractivity contribution >= 4 is 18.4 Å². The van der Waals surface area contributed by atoms with Gasteiger partial charge >= 0.3 is 5.97 Å². The maximum atomic E-state index is 11.1. The highest BCUT2D eigenvalue weighted by Gasteiger charge is 2.04. The van der Waals surface area contributed by atoms with Crippen LogP contribution in [0.3, 0.4) is 0 Å². The van der Waals surface area contributed by atoms with E-state index in [9.17, 15) is 4.79 Å². The first-order valence-corrected chi connectivity index (χ1v) is 4.56. The van der Waals surface area contributed by atoms with Gasteiger partial charge in [-0.2, -0.15) is 0 Å². The van der Waals surface area contributed by atoms with Gasteiger partial charge in [0.05, 0.1) is 12.7 Å². The molecule has 0 saturated carbocycles. The van der Waals surface area contributed by atoms with E-state index in [4.69, 9.17) is 5.73 Å². The zero-order chi connectivity index (χ0) is 10.6. The molecule has 84 valence electrons. The summed E-state index contributed by atoms with van der Waals surface area (Å²) in [5.74, 6) is -0.308. The SMILES string of the molecule is COC(=O)c1ccc(CC(C)N)cc1.Cl. The number of nitrogens with two attached hydrogens (primary N) is 1. The van der Waals surface area contributed by atoms with Crippen LogP contribution in [-0.4, -0.2) is 19.1 Å². The monoisotopic (exact) mass is 229 g/mol. The second-order valence-corrected chi connectivity index (χ2v) is 3.37. The third-order valence-electron chi connectivity index (χ3n) is 1.93. The highest BCUT2D eigenvalue weighted by molar-refractivity contribution is 5.89. The highest BCUT2D eigenvalue weighted by atomic mass is 35.5. The van der Waals surface area contributed by atoms with Crippen molar-refractivity contribution in [2.45, 2.75) is 19.4 Å². The minimum absolute atomic E-state index is 0. The third kappa shape index (κ3) is 4.32. The van der Waals surface area contributed by atoms with Crippen molar-refractivity contribution in [1.29, 1.82) is 0 Å². The van der Waals surface area contributed by atoms with E-state index in [1.165, 1.54) is 7.11 Å². The van der Waals surface area contributed by atoms with Crippen LogP contribution in [0.4, 0.5) is 0 Å². The lowest BCUT2D eigenvalue weighted by atomic mass is 10.1. The number of carbonyl (C=O) groups is 1. The first-order valence-electron chi connectivity index (χ1n) is 4.56. The van der Waals surface area contributed by atoms with Crippen molar-refractivity contribution in [2.24, 2.45) is 5.73 Å². The molecule has 1 aromatic carbocycles. The molecular formula is C11H16ClNO2. The lowest BCUT2D eigenvalue weighted by Crippen LogP contribution is -2.17. The van der Waals surface area contributed by atoms with Crippen molar-refractivity contribution in [3.05, 3.63) is 35.4 Å². The van der Waals surface area contributed by atoms with Gasteiger partial charge in [-0.3, -0.25) is 0 Å². The molecule has 1 rings (SSSR count). The van der Waals surface area contributed by atoms with E-state index >= 15 is 0 Å². The molecule has 0 aliphatic heterocycles. The summed E-state index contributed by atoms with van der Waals surface area (Å²) in [4.78, 5) is 11.1. The minimum Gasteiger partial charge on any atom is -0.465 e. The second kappa shape index (κ2) is 6.43. The Morgan fingerprint density at radius 2 is 1.93 bits per heavy atom. The smallest absolute Gasteiger partial charge is 0.337 e. The average molecular weight is 230 g/mol. The van der Waals surface area contributed by atoms with Crippen molar-refractivity contribution in [3.8, 4) is 0 Å². The highest BCUT2D eigenvalue weighted by Crippen LogP contribution is 2.07. The van der Waals surface area contributed by atoms with Crippen LogP contribution in [-0.2, 0) is 11.2 Å². The molecule has 0 fully saturated rings. The third-order valence-corrected chi connectivity index (χ3v) is 1.93. The van der Waals surface area contributed by atoms with Gasteiger partial charge in [0.15, 0.2) is 0 Å².